The fraction of sp³-hybridized carbons (Fsp3) is 0.462. The Morgan fingerprint density at radius 1 is 1.43 bits per heavy atom. The summed E-state index contributed by atoms with van der Waals surface area (Å²) in [5, 5.41) is 7.70. The number of amides is 1. The lowest BCUT2D eigenvalue weighted by Gasteiger charge is -2.16. The maximum Gasteiger partial charge on any atom is 0.260 e. The van der Waals surface area contributed by atoms with Gasteiger partial charge in [-0.1, -0.05) is 0 Å². The van der Waals surface area contributed by atoms with Gasteiger partial charge in [-0.2, -0.15) is 0 Å². The van der Waals surface area contributed by atoms with Gasteiger partial charge in [0.1, 0.15) is 5.75 Å². The summed E-state index contributed by atoms with van der Waals surface area (Å²) in [7, 11) is -2.21. The Bertz CT molecular complexity index is 601. The number of primary sulfonamides is 1. The maximum atomic E-state index is 11.8. The fourth-order valence-electron chi connectivity index (χ4n) is 1.60. The van der Waals surface area contributed by atoms with Crippen LogP contribution in [0.3, 0.4) is 0 Å². The summed E-state index contributed by atoms with van der Waals surface area (Å²) in [6.45, 7) is 4.10. The van der Waals surface area contributed by atoms with Crippen LogP contribution in [0.1, 0.15) is 12.5 Å². The van der Waals surface area contributed by atoms with E-state index in [4.69, 9.17) is 14.6 Å². The highest BCUT2D eigenvalue weighted by Gasteiger charge is 2.16. The zero-order valence-corrected chi connectivity index (χ0v) is 13.1. The molecule has 7 nitrogen and oxygen atoms in total. The number of hydrogen-bond acceptors (Lipinski definition) is 5. The average Bonchev–Trinajstić information content (AvgIpc) is 2.39. The molecule has 1 unspecified atom stereocenters. The molecule has 1 amide bonds. The van der Waals surface area contributed by atoms with Gasteiger partial charge in [0.05, 0.1) is 11.5 Å². The van der Waals surface area contributed by atoms with Crippen LogP contribution in [0, 0.1) is 6.92 Å². The minimum absolute atomic E-state index is 0.00421. The molecule has 0 aliphatic rings. The van der Waals surface area contributed by atoms with Crippen molar-refractivity contribution >= 4 is 15.9 Å². The Morgan fingerprint density at radius 2 is 2.10 bits per heavy atom. The number of hydrogen-bond donors (Lipinski definition) is 2. The second-order valence-corrected chi connectivity index (χ2v) is 6.08. The zero-order valence-electron chi connectivity index (χ0n) is 12.3. The van der Waals surface area contributed by atoms with Gasteiger partial charge >= 0.3 is 0 Å². The van der Waals surface area contributed by atoms with Crippen LogP contribution in [0.15, 0.2) is 23.1 Å². The number of nitrogens with two attached hydrogens (primary N) is 1. The van der Waals surface area contributed by atoms with E-state index in [0.717, 1.165) is 0 Å². The average molecular weight is 316 g/mol. The van der Waals surface area contributed by atoms with Crippen molar-refractivity contribution in [1.82, 2.24) is 5.32 Å². The second-order valence-electron chi connectivity index (χ2n) is 4.52. The first-order chi connectivity index (χ1) is 9.75. The van der Waals surface area contributed by atoms with Crippen LogP contribution in [0.4, 0.5) is 0 Å². The Hall–Kier alpha value is -1.64. The van der Waals surface area contributed by atoms with Crippen molar-refractivity contribution in [1.29, 1.82) is 0 Å². The van der Waals surface area contributed by atoms with Crippen molar-refractivity contribution in [2.45, 2.75) is 24.8 Å². The summed E-state index contributed by atoms with van der Waals surface area (Å²) in [6.07, 6.45) is -0.708. The van der Waals surface area contributed by atoms with E-state index >= 15 is 0 Å². The molecule has 0 aliphatic heterocycles. The summed E-state index contributed by atoms with van der Waals surface area (Å²) < 4.78 is 32.8. The summed E-state index contributed by atoms with van der Waals surface area (Å²) >= 11 is 0. The fourth-order valence-corrected chi connectivity index (χ4v) is 2.19. The number of aryl methyl sites for hydroxylation is 1. The van der Waals surface area contributed by atoms with E-state index in [9.17, 15) is 13.2 Å². The van der Waals surface area contributed by atoms with E-state index in [0.29, 0.717) is 24.5 Å². The lowest BCUT2D eigenvalue weighted by atomic mass is 10.2. The minimum Gasteiger partial charge on any atom is -0.481 e. The Labute approximate surface area is 124 Å². The molecule has 0 heterocycles. The predicted molar refractivity (Wildman–Crippen MR) is 77.5 cm³/mol. The van der Waals surface area contributed by atoms with Gasteiger partial charge in [0.15, 0.2) is 6.10 Å². The van der Waals surface area contributed by atoms with E-state index in [-0.39, 0.29) is 10.8 Å². The van der Waals surface area contributed by atoms with Crippen LogP contribution >= 0.6 is 0 Å². The maximum absolute atomic E-state index is 11.8. The van der Waals surface area contributed by atoms with E-state index in [2.05, 4.69) is 5.32 Å². The molecule has 0 fully saturated rings. The van der Waals surface area contributed by atoms with E-state index in [1.807, 2.05) is 0 Å². The van der Waals surface area contributed by atoms with Crippen LogP contribution in [-0.2, 0) is 19.6 Å². The third-order valence-corrected chi connectivity index (χ3v) is 3.66. The predicted octanol–water partition coefficient (Wildman–Crippen LogP) is 0.172. The smallest absolute Gasteiger partial charge is 0.260 e. The van der Waals surface area contributed by atoms with Crippen LogP contribution in [0.2, 0.25) is 0 Å². The van der Waals surface area contributed by atoms with Gasteiger partial charge < -0.3 is 14.8 Å². The number of benzene rings is 1. The molecular weight excluding hydrogens is 296 g/mol. The molecule has 1 atom stereocenters. The molecule has 0 spiro atoms. The lowest BCUT2D eigenvalue weighted by molar-refractivity contribution is -0.127. The van der Waals surface area contributed by atoms with Gasteiger partial charge in [0.25, 0.3) is 5.91 Å². The molecular formula is C13H20N2O5S. The number of ether oxygens (including phenoxy) is 2. The lowest BCUT2D eigenvalue weighted by Crippen LogP contribution is -2.38. The SMILES string of the molecule is COCCNC(=O)C(C)Oc1ccc(S(N)(=O)=O)cc1C. The largest absolute Gasteiger partial charge is 0.481 e. The van der Waals surface area contributed by atoms with Crippen molar-refractivity contribution in [3.05, 3.63) is 23.8 Å². The van der Waals surface area contributed by atoms with Crippen LogP contribution < -0.4 is 15.2 Å². The van der Waals surface area contributed by atoms with Gasteiger partial charge in [0, 0.05) is 13.7 Å². The first kappa shape index (κ1) is 17.4. The molecule has 0 aliphatic carbocycles. The monoisotopic (exact) mass is 316 g/mol. The molecule has 0 radical (unpaired) electrons. The summed E-state index contributed by atoms with van der Waals surface area (Å²) in [4.78, 5) is 11.8. The van der Waals surface area contributed by atoms with Crippen molar-refractivity contribution in [3.8, 4) is 5.75 Å². The Kier molecular flexibility index (Phi) is 6.13. The van der Waals surface area contributed by atoms with E-state index in [1.165, 1.54) is 18.2 Å². The molecule has 8 heteroatoms. The normalized spacial score (nSPS) is 12.8. The van der Waals surface area contributed by atoms with Gasteiger partial charge in [-0.25, -0.2) is 13.6 Å². The number of rotatable bonds is 7. The van der Waals surface area contributed by atoms with E-state index in [1.54, 1.807) is 21.0 Å². The highest BCUT2D eigenvalue weighted by molar-refractivity contribution is 7.89. The third kappa shape index (κ3) is 5.33. The minimum atomic E-state index is -3.75. The van der Waals surface area contributed by atoms with Gasteiger partial charge in [0.2, 0.25) is 10.0 Å². The van der Waals surface area contributed by atoms with Gasteiger partial charge in [-0.3, -0.25) is 4.79 Å². The Morgan fingerprint density at radius 3 is 2.62 bits per heavy atom. The number of carbonyl (C=O) groups is 1. The molecule has 21 heavy (non-hydrogen) atoms. The molecule has 118 valence electrons. The number of sulfonamides is 1. The summed E-state index contributed by atoms with van der Waals surface area (Å²) in [6, 6.07) is 4.22. The van der Waals surface area contributed by atoms with Crippen LogP contribution in [-0.4, -0.2) is 40.7 Å². The quantitative estimate of drug-likeness (QED) is 0.697. The topological polar surface area (TPSA) is 108 Å². The molecule has 0 saturated heterocycles. The number of nitrogens with one attached hydrogen (secondary N) is 1. The third-order valence-electron chi connectivity index (χ3n) is 2.75. The zero-order chi connectivity index (χ0) is 16.0. The standard InChI is InChI=1S/C13H20N2O5S/c1-9-8-11(21(14,17)18)4-5-12(9)20-10(2)13(16)15-6-7-19-3/h4-5,8,10H,6-7H2,1-3H3,(H,15,16)(H2,14,17,18). The second kappa shape index (κ2) is 7.39. The summed E-state index contributed by atoms with van der Waals surface area (Å²) in [5.41, 5.74) is 0.582. The molecule has 3 N–H and O–H groups in total. The Balaban J connectivity index is 2.73. The summed E-state index contributed by atoms with van der Waals surface area (Å²) in [5.74, 6) is 0.152. The highest BCUT2D eigenvalue weighted by Crippen LogP contribution is 2.22. The molecule has 1 aromatic carbocycles. The van der Waals surface area contributed by atoms with Crippen LogP contribution in [0.25, 0.3) is 0 Å². The molecule has 0 saturated carbocycles. The van der Waals surface area contributed by atoms with Gasteiger partial charge in [-0.05, 0) is 37.6 Å². The van der Waals surface area contributed by atoms with Crippen molar-refractivity contribution in [2.75, 3.05) is 20.3 Å². The number of carbonyl (C=O) groups excluding carboxylic acids is 1. The van der Waals surface area contributed by atoms with Gasteiger partial charge in [-0.15, -0.1) is 0 Å². The molecule has 1 aromatic rings. The van der Waals surface area contributed by atoms with Crippen molar-refractivity contribution in [3.63, 3.8) is 0 Å². The first-order valence-corrected chi connectivity index (χ1v) is 7.87. The van der Waals surface area contributed by atoms with Crippen LogP contribution in [0.5, 0.6) is 5.75 Å². The molecule has 1 rings (SSSR count). The molecule has 0 aromatic heterocycles. The van der Waals surface area contributed by atoms with Crippen molar-refractivity contribution in [2.24, 2.45) is 5.14 Å². The highest BCUT2D eigenvalue weighted by atomic mass is 32.2. The van der Waals surface area contributed by atoms with E-state index < -0.39 is 16.1 Å². The van der Waals surface area contributed by atoms with Crippen molar-refractivity contribution < 1.29 is 22.7 Å². The first-order valence-electron chi connectivity index (χ1n) is 6.32. The number of methoxy groups -OCH3 is 1. The molecule has 0 bridgehead atoms.